The highest BCUT2D eigenvalue weighted by Crippen LogP contribution is 2.28. The molecule has 1 heterocycles. The lowest BCUT2D eigenvalue weighted by atomic mass is 10.1. The lowest BCUT2D eigenvalue weighted by Crippen LogP contribution is -1.79. The third-order valence-corrected chi connectivity index (χ3v) is 2.50. The van der Waals surface area contributed by atoms with Gasteiger partial charge >= 0.3 is 0 Å². The molecule has 0 saturated heterocycles. The molecular formula is C10H10ClN. The molecule has 12 heavy (non-hydrogen) atoms. The van der Waals surface area contributed by atoms with Gasteiger partial charge in [0.25, 0.3) is 0 Å². The Morgan fingerprint density at radius 1 is 1.17 bits per heavy atom. The molecule has 62 valence electrons. The van der Waals surface area contributed by atoms with Gasteiger partial charge in [-0.1, -0.05) is 23.7 Å². The van der Waals surface area contributed by atoms with Gasteiger partial charge in [-0.05, 0) is 25.0 Å². The van der Waals surface area contributed by atoms with Crippen LogP contribution in [0, 0.1) is 13.8 Å². The van der Waals surface area contributed by atoms with Gasteiger partial charge in [-0.15, -0.1) is 0 Å². The Bertz CT molecular complexity index is 429. The number of fused-ring (bicyclic) bond motifs is 1. The van der Waals surface area contributed by atoms with Gasteiger partial charge in [0.05, 0.1) is 10.5 Å². The SMILES string of the molecule is Cc1ccc(C)c2c(Cl)c[nH]c12. The zero-order chi connectivity index (χ0) is 8.72. The highest BCUT2D eigenvalue weighted by atomic mass is 35.5. The van der Waals surface area contributed by atoms with Crippen LogP contribution in [0.2, 0.25) is 5.02 Å². The number of H-pyrrole nitrogens is 1. The van der Waals surface area contributed by atoms with Crippen molar-refractivity contribution in [3.63, 3.8) is 0 Å². The summed E-state index contributed by atoms with van der Waals surface area (Å²) in [5.41, 5.74) is 3.62. The molecule has 0 spiro atoms. The van der Waals surface area contributed by atoms with Crippen molar-refractivity contribution in [2.45, 2.75) is 13.8 Å². The molecule has 2 rings (SSSR count). The molecule has 0 unspecified atom stereocenters. The molecule has 0 atom stereocenters. The van der Waals surface area contributed by atoms with Crippen LogP contribution < -0.4 is 0 Å². The maximum Gasteiger partial charge on any atom is 0.0661 e. The van der Waals surface area contributed by atoms with E-state index in [1.807, 2.05) is 6.20 Å². The van der Waals surface area contributed by atoms with Crippen molar-refractivity contribution in [2.75, 3.05) is 0 Å². The first-order valence-corrected chi connectivity index (χ1v) is 4.30. The third kappa shape index (κ3) is 0.935. The third-order valence-electron chi connectivity index (χ3n) is 2.20. The average Bonchev–Trinajstić information content (AvgIpc) is 2.42. The molecule has 1 N–H and O–H groups in total. The van der Waals surface area contributed by atoms with Crippen LogP contribution in [0.3, 0.4) is 0 Å². The summed E-state index contributed by atoms with van der Waals surface area (Å²) in [4.78, 5) is 3.16. The Balaban J connectivity index is 2.98. The fourth-order valence-electron chi connectivity index (χ4n) is 1.51. The average molecular weight is 180 g/mol. The predicted molar refractivity (Wildman–Crippen MR) is 52.8 cm³/mol. The Morgan fingerprint density at radius 3 is 2.50 bits per heavy atom. The number of benzene rings is 1. The second-order valence-corrected chi connectivity index (χ2v) is 3.49. The monoisotopic (exact) mass is 179 g/mol. The van der Waals surface area contributed by atoms with Crippen LogP contribution in [0.15, 0.2) is 18.3 Å². The minimum absolute atomic E-state index is 0.811. The molecule has 0 aliphatic rings. The van der Waals surface area contributed by atoms with Gasteiger partial charge in [0.15, 0.2) is 0 Å². The highest BCUT2D eigenvalue weighted by molar-refractivity contribution is 6.35. The number of hydrogen-bond acceptors (Lipinski definition) is 0. The lowest BCUT2D eigenvalue weighted by Gasteiger charge is -1.99. The summed E-state index contributed by atoms with van der Waals surface area (Å²) < 4.78 is 0. The first kappa shape index (κ1) is 7.69. The smallest absolute Gasteiger partial charge is 0.0661 e. The zero-order valence-electron chi connectivity index (χ0n) is 7.11. The van der Waals surface area contributed by atoms with Crippen LogP contribution in [0.25, 0.3) is 10.9 Å². The number of rotatable bonds is 0. The molecule has 0 saturated carbocycles. The summed E-state index contributed by atoms with van der Waals surface area (Å²) in [6.45, 7) is 4.15. The van der Waals surface area contributed by atoms with E-state index in [0.29, 0.717) is 0 Å². The number of aryl methyl sites for hydroxylation is 2. The molecule has 0 aliphatic carbocycles. The molecule has 1 aromatic carbocycles. The Hall–Kier alpha value is -0.950. The molecule has 1 aromatic heterocycles. The van der Waals surface area contributed by atoms with Gasteiger partial charge < -0.3 is 4.98 Å². The number of hydrogen-bond donors (Lipinski definition) is 1. The molecular weight excluding hydrogens is 170 g/mol. The summed E-state index contributed by atoms with van der Waals surface area (Å²) in [6, 6.07) is 4.20. The molecule has 0 aliphatic heterocycles. The minimum Gasteiger partial charge on any atom is -0.360 e. The molecule has 2 aromatic rings. The zero-order valence-corrected chi connectivity index (χ0v) is 7.87. The van der Waals surface area contributed by atoms with E-state index < -0.39 is 0 Å². The van der Waals surface area contributed by atoms with Gasteiger partial charge in [-0.2, -0.15) is 0 Å². The van der Waals surface area contributed by atoms with Crippen LogP contribution >= 0.6 is 11.6 Å². The van der Waals surface area contributed by atoms with Crippen LogP contribution in [0.4, 0.5) is 0 Å². The number of aromatic amines is 1. The molecule has 0 radical (unpaired) electrons. The number of halogens is 1. The van der Waals surface area contributed by atoms with Crippen molar-refractivity contribution in [2.24, 2.45) is 0 Å². The van der Waals surface area contributed by atoms with Crippen LogP contribution in [0.1, 0.15) is 11.1 Å². The van der Waals surface area contributed by atoms with Crippen molar-refractivity contribution in [1.29, 1.82) is 0 Å². The Morgan fingerprint density at radius 2 is 1.83 bits per heavy atom. The van der Waals surface area contributed by atoms with Crippen molar-refractivity contribution in [3.05, 3.63) is 34.5 Å². The van der Waals surface area contributed by atoms with E-state index in [2.05, 4.69) is 31.0 Å². The topological polar surface area (TPSA) is 15.8 Å². The summed E-state index contributed by atoms with van der Waals surface area (Å²) in [7, 11) is 0. The van der Waals surface area contributed by atoms with Gasteiger partial charge in [-0.3, -0.25) is 0 Å². The molecule has 0 fully saturated rings. The largest absolute Gasteiger partial charge is 0.360 e. The van der Waals surface area contributed by atoms with E-state index in [1.54, 1.807) is 0 Å². The molecule has 0 bridgehead atoms. The maximum atomic E-state index is 6.02. The van der Waals surface area contributed by atoms with E-state index in [4.69, 9.17) is 11.6 Å². The fourth-order valence-corrected chi connectivity index (χ4v) is 1.81. The number of nitrogens with one attached hydrogen (secondary N) is 1. The highest BCUT2D eigenvalue weighted by Gasteiger charge is 2.05. The van der Waals surface area contributed by atoms with Crippen LogP contribution in [-0.2, 0) is 0 Å². The number of aromatic nitrogens is 1. The predicted octanol–water partition coefficient (Wildman–Crippen LogP) is 3.44. The van der Waals surface area contributed by atoms with Crippen LogP contribution in [0.5, 0.6) is 0 Å². The Kier molecular flexibility index (Phi) is 1.62. The van der Waals surface area contributed by atoms with Gasteiger partial charge in [0.1, 0.15) is 0 Å². The second kappa shape index (κ2) is 2.53. The van der Waals surface area contributed by atoms with Crippen LogP contribution in [-0.4, -0.2) is 4.98 Å². The summed E-state index contributed by atoms with van der Waals surface area (Å²) in [5.74, 6) is 0. The van der Waals surface area contributed by atoms with E-state index in [0.717, 1.165) is 15.9 Å². The van der Waals surface area contributed by atoms with E-state index >= 15 is 0 Å². The Labute approximate surface area is 76.4 Å². The van der Waals surface area contributed by atoms with E-state index in [1.165, 1.54) is 11.1 Å². The first-order valence-electron chi connectivity index (χ1n) is 3.93. The summed E-state index contributed by atoms with van der Waals surface area (Å²) in [5, 5.41) is 1.96. The second-order valence-electron chi connectivity index (χ2n) is 3.09. The summed E-state index contributed by atoms with van der Waals surface area (Å²) in [6.07, 6.45) is 1.84. The first-order chi connectivity index (χ1) is 5.70. The van der Waals surface area contributed by atoms with Gasteiger partial charge in [0, 0.05) is 11.6 Å². The van der Waals surface area contributed by atoms with Gasteiger partial charge in [0.2, 0.25) is 0 Å². The quantitative estimate of drug-likeness (QED) is 0.638. The van der Waals surface area contributed by atoms with Crippen molar-refractivity contribution >= 4 is 22.5 Å². The van der Waals surface area contributed by atoms with Gasteiger partial charge in [-0.25, -0.2) is 0 Å². The molecule has 0 amide bonds. The molecule has 2 heteroatoms. The maximum absolute atomic E-state index is 6.02. The lowest BCUT2D eigenvalue weighted by molar-refractivity contribution is 1.40. The normalized spacial score (nSPS) is 10.9. The standard InChI is InChI=1S/C10H10ClN/c1-6-3-4-7(2)10-9(6)8(11)5-12-10/h3-5,12H,1-2H3. The van der Waals surface area contributed by atoms with Crippen molar-refractivity contribution in [1.82, 2.24) is 4.98 Å². The van der Waals surface area contributed by atoms with E-state index in [-0.39, 0.29) is 0 Å². The fraction of sp³-hybridized carbons (Fsp3) is 0.200. The molecule has 1 nitrogen and oxygen atoms in total. The van der Waals surface area contributed by atoms with Crippen molar-refractivity contribution in [3.8, 4) is 0 Å². The van der Waals surface area contributed by atoms with Crippen molar-refractivity contribution < 1.29 is 0 Å². The van der Waals surface area contributed by atoms with E-state index in [9.17, 15) is 0 Å². The summed E-state index contributed by atoms with van der Waals surface area (Å²) >= 11 is 6.02. The minimum atomic E-state index is 0.811.